The van der Waals surface area contributed by atoms with E-state index in [9.17, 15) is 29.1 Å². The number of hydrogen-bond acceptors (Lipinski definition) is 8. The number of aromatic hydroxyl groups is 1. The first-order chi connectivity index (χ1) is 25.8. The van der Waals surface area contributed by atoms with E-state index in [0.717, 1.165) is 16.3 Å². The van der Waals surface area contributed by atoms with Gasteiger partial charge >= 0.3 is 0 Å². The van der Waals surface area contributed by atoms with Crippen LogP contribution in [0.15, 0.2) is 76.7 Å². The highest BCUT2D eigenvalue weighted by Gasteiger charge is 2.35. The fourth-order valence-corrected chi connectivity index (χ4v) is 6.12. The standard InChI is InChI=1S/C37H49N11O6/c1-48-30(9-5-17-43-37(40)41)34(53)47-28(20-23-10-13-24-6-2-3-7-25(24)18-23)32(51)44-21-31(50)45-29(19-22-11-14-26(49)15-12-22)33(52)46-27(35(48)54)8-4-16-42-36(38)39/h2-3,6-7,10-15,18,27-30,49H,4-5,8-9,16-17,19-21H2,1H3,(H,44,51)(H,45,50)(H,46,52)(H,47,53)(H4,38,39,42)(H4,40,41,43)/t27-,28+,29-,30+/m1/s1. The molecular formula is C37H49N11O6. The molecule has 0 saturated carbocycles. The van der Waals surface area contributed by atoms with Gasteiger partial charge in [0, 0.05) is 33.0 Å². The molecule has 0 unspecified atom stereocenters. The summed E-state index contributed by atoms with van der Waals surface area (Å²) in [7, 11) is 1.44. The second kappa shape index (κ2) is 19.4. The van der Waals surface area contributed by atoms with Crippen molar-refractivity contribution in [3.8, 4) is 5.75 Å². The van der Waals surface area contributed by atoms with Gasteiger partial charge in [-0.15, -0.1) is 0 Å². The SMILES string of the molecule is CN1C(=O)[C@@H](CCCN=C(N)N)NC(=O)[C@@H](Cc2ccc(O)cc2)NC(=O)CNC(=O)[C@H](Cc2ccc3ccccc3c2)NC(=O)[C@@H]1CCCN=C(N)N. The fourth-order valence-electron chi connectivity index (χ4n) is 6.12. The van der Waals surface area contributed by atoms with Gasteiger partial charge in [0.1, 0.15) is 29.9 Å². The number of hydrogen-bond donors (Lipinski definition) is 9. The van der Waals surface area contributed by atoms with Crippen molar-refractivity contribution < 1.29 is 29.1 Å². The minimum Gasteiger partial charge on any atom is -0.508 e. The van der Waals surface area contributed by atoms with Crippen molar-refractivity contribution in [3.05, 3.63) is 77.9 Å². The van der Waals surface area contributed by atoms with Crippen molar-refractivity contribution in [2.45, 2.75) is 62.7 Å². The second-order valence-electron chi connectivity index (χ2n) is 13.1. The molecule has 0 aliphatic carbocycles. The van der Waals surface area contributed by atoms with E-state index in [-0.39, 0.29) is 62.9 Å². The molecule has 54 heavy (non-hydrogen) atoms. The Hall–Kier alpha value is -6.39. The normalized spacial score (nSPS) is 20.1. The Morgan fingerprint density at radius 1 is 0.704 bits per heavy atom. The van der Waals surface area contributed by atoms with Crippen LogP contribution in [0.25, 0.3) is 10.8 Å². The summed E-state index contributed by atoms with van der Waals surface area (Å²) in [4.78, 5) is 78.5. The van der Waals surface area contributed by atoms with Gasteiger partial charge in [0.2, 0.25) is 29.5 Å². The molecule has 288 valence electrons. The van der Waals surface area contributed by atoms with Gasteiger partial charge in [-0.2, -0.15) is 0 Å². The molecule has 4 atom stereocenters. The van der Waals surface area contributed by atoms with Gasteiger partial charge in [-0.05, 0) is 59.7 Å². The van der Waals surface area contributed by atoms with Crippen LogP contribution in [0.1, 0.15) is 36.8 Å². The predicted octanol–water partition coefficient (Wildman–Crippen LogP) is -1.15. The highest BCUT2D eigenvalue weighted by Crippen LogP contribution is 2.18. The number of nitrogens with zero attached hydrogens (tertiary/aromatic N) is 3. The zero-order chi connectivity index (χ0) is 39.2. The number of aliphatic imine (C=N–C) groups is 2. The van der Waals surface area contributed by atoms with Gasteiger partial charge in [-0.25, -0.2) is 0 Å². The van der Waals surface area contributed by atoms with E-state index in [1.807, 2.05) is 42.5 Å². The van der Waals surface area contributed by atoms with Gasteiger partial charge in [0.15, 0.2) is 11.9 Å². The quantitative estimate of drug-likeness (QED) is 0.0610. The lowest BCUT2D eigenvalue weighted by Gasteiger charge is -2.32. The van der Waals surface area contributed by atoms with Crippen LogP contribution < -0.4 is 44.2 Å². The number of rotatable bonds is 12. The summed E-state index contributed by atoms with van der Waals surface area (Å²) in [5, 5.41) is 22.5. The van der Waals surface area contributed by atoms with Crippen LogP contribution >= 0.6 is 0 Å². The second-order valence-corrected chi connectivity index (χ2v) is 13.1. The first-order valence-corrected chi connectivity index (χ1v) is 17.6. The number of phenols is 1. The predicted molar refractivity (Wildman–Crippen MR) is 205 cm³/mol. The van der Waals surface area contributed by atoms with E-state index in [2.05, 4.69) is 31.3 Å². The molecule has 5 amide bonds. The monoisotopic (exact) mass is 743 g/mol. The largest absolute Gasteiger partial charge is 0.508 e. The molecule has 1 heterocycles. The van der Waals surface area contributed by atoms with Crippen LogP contribution in [0.5, 0.6) is 5.75 Å². The van der Waals surface area contributed by atoms with Crippen molar-refractivity contribution >= 4 is 52.2 Å². The van der Waals surface area contributed by atoms with Crippen LogP contribution in [0.2, 0.25) is 0 Å². The van der Waals surface area contributed by atoms with E-state index in [4.69, 9.17) is 22.9 Å². The molecule has 3 aromatic carbocycles. The lowest BCUT2D eigenvalue weighted by Crippen LogP contribution is -2.58. The van der Waals surface area contributed by atoms with E-state index in [0.29, 0.717) is 12.0 Å². The average Bonchev–Trinajstić information content (AvgIpc) is 3.14. The van der Waals surface area contributed by atoms with E-state index < -0.39 is 60.2 Å². The number of carbonyl (C=O) groups excluding carboxylic acids is 5. The van der Waals surface area contributed by atoms with E-state index in [1.54, 1.807) is 12.1 Å². The maximum absolute atomic E-state index is 14.3. The third kappa shape index (κ3) is 12.1. The molecular weight excluding hydrogens is 694 g/mol. The summed E-state index contributed by atoms with van der Waals surface area (Å²) in [6, 6.07) is 14.8. The van der Waals surface area contributed by atoms with Gasteiger partial charge in [0.05, 0.1) is 6.54 Å². The number of guanidine groups is 2. The zero-order valence-electron chi connectivity index (χ0n) is 30.2. The van der Waals surface area contributed by atoms with Crippen molar-refractivity contribution in [2.75, 3.05) is 26.7 Å². The van der Waals surface area contributed by atoms with Crippen LogP contribution in [0.4, 0.5) is 0 Å². The van der Waals surface area contributed by atoms with Gasteiger partial charge < -0.3 is 54.2 Å². The molecule has 0 radical (unpaired) electrons. The number of amides is 5. The van der Waals surface area contributed by atoms with Crippen LogP contribution in [-0.2, 0) is 36.8 Å². The molecule has 4 rings (SSSR count). The maximum Gasteiger partial charge on any atom is 0.245 e. The smallest absolute Gasteiger partial charge is 0.245 e. The molecule has 0 aromatic heterocycles. The number of phenolic OH excluding ortho intramolecular Hbond substituents is 1. The zero-order valence-corrected chi connectivity index (χ0v) is 30.2. The molecule has 17 heteroatoms. The van der Waals surface area contributed by atoms with Crippen molar-refractivity contribution in [1.82, 2.24) is 26.2 Å². The molecule has 1 saturated heterocycles. The summed E-state index contributed by atoms with van der Waals surface area (Å²) < 4.78 is 0. The Morgan fingerprint density at radius 3 is 1.94 bits per heavy atom. The average molecular weight is 744 g/mol. The Bertz CT molecular complexity index is 1860. The Morgan fingerprint density at radius 2 is 1.28 bits per heavy atom. The van der Waals surface area contributed by atoms with Crippen molar-refractivity contribution in [3.63, 3.8) is 0 Å². The van der Waals surface area contributed by atoms with E-state index in [1.165, 1.54) is 24.1 Å². The lowest BCUT2D eigenvalue weighted by molar-refractivity contribution is -0.143. The minimum atomic E-state index is -1.19. The number of nitrogens with one attached hydrogen (secondary N) is 4. The number of likely N-dealkylation sites (N-methyl/N-ethyl adjacent to an activating group) is 1. The molecule has 17 nitrogen and oxygen atoms in total. The Labute approximate surface area is 313 Å². The number of benzene rings is 3. The lowest BCUT2D eigenvalue weighted by atomic mass is 10.00. The number of carbonyl (C=O) groups is 5. The first-order valence-electron chi connectivity index (χ1n) is 17.6. The van der Waals surface area contributed by atoms with E-state index >= 15 is 0 Å². The van der Waals surface area contributed by atoms with Crippen molar-refractivity contribution in [1.29, 1.82) is 0 Å². The Kier molecular flexibility index (Phi) is 14.5. The summed E-state index contributed by atoms with van der Waals surface area (Å²) in [5.41, 5.74) is 23.3. The Balaban J connectivity index is 1.72. The van der Waals surface area contributed by atoms with Crippen molar-refractivity contribution in [2.24, 2.45) is 32.9 Å². The molecule has 1 fully saturated rings. The summed E-state index contributed by atoms with van der Waals surface area (Å²) in [5.74, 6) is -3.51. The summed E-state index contributed by atoms with van der Waals surface area (Å²) >= 11 is 0. The summed E-state index contributed by atoms with van der Waals surface area (Å²) in [6.07, 6.45) is 0.828. The van der Waals surface area contributed by atoms with Gasteiger partial charge in [-0.1, -0.05) is 54.6 Å². The minimum absolute atomic E-state index is 0.00536. The molecule has 0 bridgehead atoms. The molecule has 0 spiro atoms. The number of fused-ring (bicyclic) bond motifs is 1. The molecule has 1 aliphatic heterocycles. The third-order valence-electron chi connectivity index (χ3n) is 8.95. The highest BCUT2D eigenvalue weighted by molar-refractivity contribution is 5.97. The van der Waals surface area contributed by atoms with Crippen LogP contribution in [0, 0.1) is 0 Å². The molecule has 13 N–H and O–H groups in total. The fraction of sp³-hybridized carbons (Fsp3) is 0.378. The first kappa shape index (κ1) is 40.4. The highest BCUT2D eigenvalue weighted by atomic mass is 16.3. The van der Waals surface area contributed by atoms with Crippen LogP contribution in [0.3, 0.4) is 0 Å². The van der Waals surface area contributed by atoms with Gasteiger partial charge in [-0.3, -0.25) is 34.0 Å². The topological polar surface area (TPSA) is 286 Å². The third-order valence-corrected chi connectivity index (χ3v) is 8.95. The van der Waals surface area contributed by atoms with Gasteiger partial charge in [0.25, 0.3) is 0 Å². The molecule has 3 aromatic rings. The number of nitrogens with two attached hydrogens (primary N) is 4. The maximum atomic E-state index is 14.3. The van der Waals surface area contributed by atoms with Crippen LogP contribution in [-0.4, -0.2) is 102 Å². The summed E-state index contributed by atoms with van der Waals surface area (Å²) in [6.45, 7) is -0.183. The molecule has 1 aliphatic rings.